The molecule has 0 saturated carbocycles. The third kappa shape index (κ3) is 10.7. The molecule has 0 aliphatic heterocycles. The lowest BCUT2D eigenvalue weighted by molar-refractivity contribution is -0.145. The van der Waals surface area contributed by atoms with Crippen molar-refractivity contribution in [2.24, 2.45) is 5.92 Å². The first kappa shape index (κ1) is 41.2. The van der Waals surface area contributed by atoms with E-state index in [4.69, 9.17) is 4.74 Å². The van der Waals surface area contributed by atoms with Crippen molar-refractivity contribution in [1.29, 1.82) is 0 Å². The molecule has 0 aliphatic carbocycles. The van der Waals surface area contributed by atoms with Crippen molar-refractivity contribution in [1.82, 2.24) is 25.1 Å². The molecule has 6 rings (SSSR count). The van der Waals surface area contributed by atoms with Crippen molar-refractivity contribution in [2.45, 2.75) is 57.8 Å². The Morgan fingerprint density at radius 1 is 0.825 bits per heavy atom. The van der Waals surface area contributed by atoms with E-state index >= 15 is 0 Å². The average Bonchev–Trinajstić information content (AvgIpc) is 3.68. The van der Waals surface area contributed by atoms with Crippen molar-refractivity contribution in [3.63, 3.8) is 0 Å². The fourth-order valence-corrected chi connectivity index (χ4v) is 7.98. The van der Waals surface area contributed by atoms with Gasteiger partial charge >= 0.3 is 5.97 Å². The molecule has 57 heavy (non-hydrogen) atoms. The van der Waals surface area contributed by atoms with Gasteiger partial charge in [0.15, 0.2) is 0 Å². The summed E-state index contributed by atoms with van der Waals surface area (Å²) in [6.07, 6.45) is 6.98. The molecule has 0 bridgehead atoms. The van der Waals surface area contributed by atoms with Crippen molar-refractivity contribution in [3.8, 4) is 0 Å². The maximum Gasteiger partial charge on any atom is 0.328 e. The van der Waals surface area contributed by atoms with Crippen LogP contribution >= 0.6 is 11.8 Å². The van der Waals surface area contributed by atoms with Crippen LogP contribution in [-0.2, 0) is 32.1 Å². The zero-order chi connectivity index (χ0) is 40.1. The van der Waals surface area contributed by atoms with Gasteiger partial charge in [-0.1, -0.05) is 129 Å². The van der Waals surface area contributed by atoms with Gasteiger partial charge in [-0.2, -0.15) is 11.8 Å². The summed E-state index contributed by atoms with van der Waals surface area (Å²) in [4.78, 5) is 47.1. The summed E-state index contributed by atoms with van der Waals surface area (Å²) in [6, 6.07) is 38.3. The summed E-state index contributed by atoms with van der Waals surface area (Å²) in [7, 11) is 1.34. The van der Waals surface area contributed by atoms with Crippen LogP contribution in [0.15, 0.2) is 128 Å². The first-order valence-electron chi connectivity index (χ1n) is 19.7. The molecule has 4 atom stereocenters. The quantitative estimate of drug-likeness (QED) is 0.0808. The number of hydrogen-bond donors (Lipinski definition) is 2. The highest BCUT2D eigenvalue weighted by molar-refractivity contribution is 7.98. The fraction of sp³-hybridized carbons (Fsp3) is 0.319. The van der Waals surface area contributed by atoms with Crippen molar-refractivity contribution in [2.75, 3.05) is 32.2 Å². The Balaban J connectivity index is 1.25. The number of nitrogens with zero attached hydrogens (tertiary/aromatic N) is 3. The van der Waals surface area contributed by atoms with Crippen molar-refractivity contribution >= 4 is 51.1 Å². The fourth-order valence-electron chi connectivity index (χ4n) is 7.51. The number of methoxy groups -OCH3 is 1. The first-order valence-corrected chi connectivity index (χ1v) is 21.1. The predicted molar refractivity (Wildman–Crippen MR) is 231 cm³/mol. The molecule has 2 amide bonds. The molecule has 6 aromatic rings. The topological polar surface area (TPSA) is 106 Å². The maximum absolute atomic E-state index is 14.2. The minimum absolute atomic E-state index is 0.0378. The highest BCUT2D eigenvalue weighted by atomic mass is 32.2. The molecule has 0 spiro atoms. The standard InChI is InChI=1S/C47H53N5O4S/c1-5-33(2)43(30-51(29-39-20-13-19-35-15-11-12-21-41(35)39)31-45(54)49-42(24-25-57-4)47(55)56-3)50-44(53)27-40-28-48-32-52(40)46(36-16-7-6-8-17-36)38-23-22-34-14-9-10-18-37(34)26-38/h6-23,26,28,32-33,42-43,46H,5,24-25,27,29-31H2,1-4H3,(H,49,54)(H,50,53)/t33-,42-,43+,46?/m0/s1. The summed E-state index contributed by atoms with van der Waals surface area (Å²) in [5.74, 6) is -0.0434. The summed E-state index contributed by atoms with van der Waals surface area (Å²) in [6.45, 7) is 5.18. The molecule has 1 heterocycles. The third-order valence-corrected chi connectivity index (χ3v) is 11.4. The highest BCUT2D eigenvalue weighted by Crippen LogP contribution is 2.31. The van der Waals surface area contributed by atoms with Gasteiger partial charge in [-0.05, 0) is 68.6 Å². The molecule has 296 valence electrons. The number of thioether (sulfide) groups is 1. The molecule has 0 aliphatic rings. The number of fused-ring (bicyclic) bond motifs is 2. The Hall–Kier alpha value is -5.45. The normalized spacial score (nSPS) is 13.6. The Kier molecular flexibility index (Phi) is 14.5. The maximum atomic E-state index is 14.2. The van der Waals surface area contributed by atoms with E-state index in [0.717, 1.165) is 45.0 Å². The van der Waals surface area contributed by atoms with Crippen LogP contribution in [0.4, 0.5) is 0 Å². The van der Waals surface area contributed by atoms with Gasteiger partial charge in [-0.3, -0.25) is 14.5 Å². The molecular formula is C47H53N5O4S. The summed E-state index contributed by atoms with van der Waals surface area (Å²) >= 11 is 1.61. The van der Waals surface area contributed by atoms with Gasteiger partial charge in [0.05, 0.1) is 32.4 Å². The summed E-state index contributed by atoms with van der Waals surface area (Å²) < 4.78 is 7.12. The molecule has 0 radical (unpaired) electrons. The van der Waals surface area contributed by atoms with Crippen LogP contribution in [0.5, 0.6) is 0 Å². The van der Waals surface area contributed by atoms with Gasteiger partial charge in [-0.25, -0.2) is 9.78 Å². The van der Waals surface area contributed by atoms with Gasteiger partial charge in [-0.15, -0.1) is 0 Å². The first-order chi connectivity index (χ1) is 27.8. The van der Waals surface area contributed by atoms with E-state index < -0.39 is 12.0 Å². The van der Waals surface area contributed by atoms with Gasteiger partial charge in [0.2, 0.25) is 11.8 Å². The molecule has 0 saturated heterocycles. The van der Waals surface area contributed by atoms with Gasteiger partial charge in [0.1, 0.15) is 6.04 Å². The Morgan fingerprint density at radius 3 is 2.30 bits per heavy atom. The minimum atomic E-state index is -0.737. The monoisotopic (exact) mass is 783 g/mol. The molecule has 10 heteroatoms. The Bertz CT molecular complexity index is 2250. The number of benzene rings is 5. The minimum Gasteiger partial charge on any atom is -0.467 e. The Labute approximate surface area is 340 Å². The molecule has 2 N–H and O–H groups in total. The van der Waals surface area contributed by atoms with E-state index in [2.05, 4.69) is 106 Å². The smallest absolute Gasteiger partial charge is 0.328 e. The van der Waals surface area contributed by atoms with Crippen molar-refractivity contribution < 1.29 is 19.1 Å². The Morgan fingerprint density at radius 2 is 1.54 bits per heavy atom. The van der Waals surface area contributed by atoms with E-state index in [1.165, 1.54) is 12.5 Å². The third-order valence-electron chi connectivity index (χ3n) is 10.8. The van der Waals surface area contributed by atoms with Crippen molar-refractivity contribution in [3.05, 3.63) is 150 Å². The van der Waals surface area contributed by atoms with E-state index in [-0.39, 0.29) is 42.8 Å². The van der Waals surface area contributed by atoms with Crippen LogP contribution in [0.25, 0.3) is 21.5 Å². The summed E-state index contributed by atoms with van der Waals surface area (Å²) in [5.41, 5.74) is 4.06. The number of rotatable bonds is 19. The van der Waals surface area contributed by atoms with Crippen LogP contribution in [0, 0.1) is 5.92 Å². The number of esters is 1. The average molecular weight is 784 g/mol. The second kappa shape index (κ2) is 20.1. The van der Waals surface area contributed by atoms with E-state index in [1.807, 2.05) is 61.1 Å². The molecule has 1 aromatic heterocycles. The predicted octanol–water partition coefficient (Wildman–Crippen LogP) is 7.81. The summed E-state index contributed by atoms with van der Waals surface area (Å²) in [5, 5.41) is 10.8. The molecular weight excluding hydrogens is 731 g/mol. The lowest BCUT2D eigenvalue weighted by Crippen LogP contribution is -2.51. The van der Waals surface area contributed by atoms with E-state index in [9.17, 15) is 14.4 Å². The second-order valence-electron chi connectivity index (χ2n) is 14.7. The SMILES string of the molecule is CC[C@H](C)[C@@H](CN(CC(=O)N[C@@H](CCSC)C(=O)OC)Cc1cccc2ccccc12)NC(=O)Cc1cncn1C(c1ccccc1)c1ccc2ccccc2c1. The van der Waals surface area contributed by atoms with Gasteiger partial charge in [0, 0.05) is 31.0 Å². The van der Waals surface area contributed by atoms with E-state index in [0.29, 0.717) is 25.3 Å². The molecule has 9 nitrogen and oxygen atoms in total. The van der Waals surface area contributed by atoms with Crippen LogP contribution in [0.2, 0.25) is 0 Å². The number of carbonyl (C=O) groups is 3. The van der Waals surface area contributed by atoms with Crippen LogP contribution in [0.3, 0.4) is 0 Å². The number of nitrogens with one attached hydrogen (secondary N) is 2. The lowest BCUT2D eigenvalue weighted by atomic mass is 9.95. The number of carbonyl (C=O) groups excluding carboxylic acids is 3. The van der Waals surface area contributed by atoms with Gasteiger partial charge < -0.3 is 19.9 Å². The van der Waals surface area contributed by atoms with Crippen LogP contribution in [0.1, 0.15) is 55.1 Å². The number of ether oxygens (including phenoxy) is 1. The number of amides is 2. The highest BCUT2D eigenvalue weighted by Gasteiger charge is 2.27. The molecule has 0 fully saturated rings. The number of imidazole rings is 1. The molecule has 1 unspecified atom stereocenters. The van der Waals surface area contributed by atoms with Crippen LogP contribution in [-0.4, -0.2) is 76.5 Å². The second-order valence-corrected chi connectivity index (χ2v) is 15.7. The molecule has 5 aromatic carbocycles. The number of hydrogen-bond acceptors (Lipinski definition) is 7. The van der Waals surface area contributed by atoms with Gasteiger partial charge in [0.25, 0.3) is 0 Å². The van der Waals surface area contributed by atoms with E-state index in [1.54, 1.807) is 18.0 Å². The van der Waals surface area contributed by atoms with Crippen LogP contribution < -0.4 is 10.6 Å². The zero-order valence-corrected chi connectivity index (χ0v) is 34.1. The lowest BCUT2D eigenvalue weighted by Gasteiger charge is -2.32. The number of aromatic nitrogens is 2. The zero-order valence-electron chi connectivity index (χ0n) is 33.3. The largest absolute Gasteiger partial charge is 0.467 e.